The van der Waals surface area contributed by atoms with Crippen LogP contribution >= 0.6 is 0 Å². The van der Waals surface area contributed by atoms with Crippen molar-refractivity contribution in [2.24, 2.45) is 0 Å². The summed E-state index contributed by atoms with van der Waals surface area (Å²) in [5, 5.41) is 12.3. The molecule has 1 atom stereocenters. The van der Waals surface area contributed by atoms with Crippen LogP contribution in [0.2, 0.25) is 0 Å². The molecule has 6 nitrogen and oxygen atoms in total. The standard InChI is InChI=1S/C27H30N4O2/c28-18-19-4-3-6-21(16-19)27(33)30-13-11-23(12-14-30)31-15-10-20-5-1-2-7-24(20)25(31)17-26(32)29-22-8-9-22/h1-7,16,22-23,25H,8-15,17H2,(H,29,32). The SMILES string of the molecule is N#Cc1cccc(C(=O)N2CCC(N3CCc4ccccc4C3CC(=O)NC3CC3)CC2)c1. The van der Waals surface area contributed by atoms with Gasteiger partial charge in [-0.15, -0.1) is 0 Å². The highest BCUT2D eigenvalue weighted by Crippen LogP contribution is 2.36. The van der Waals surface area contributed by atoms with Crippen LogP contribution in [0.15, 0.2) is 48.5 Å². The molecule has 0 bridgehead atoms. The van der Waals surface area contributed by atoms with Crippen LogP contribution in [0.5, 0.6) is 0 Å². The van der Waals surface area contributed by atoms with Gasteiger partial charge < -0.3 is 10.2 Å². The Morgan fingerprint density at radius 2 is 1.79 bits per heavy atom. The van der Waals surface area contributed by atoms with Crippen LogP contribution < -0.4 is 5.32 Å². The van der Waals surface area contributed by atoms with E-state index in [0.717, 1.165) is 38.6 Å². The molecule has 1 saturated carbocycles. The molecule has 5 rings (SSSR count). The summed E-state index contributed by atoms with van der Waals surface area (Å²) < 4.78 is 0. The van der Waals surface area contributed by atoms with E-state index in [1.807, 2.05) is 4.90 Å². The summed E-state index contributed by atoms with van der Waals surface area (Å²) >= 11 is 0. The Labute approximate surface area is 195 Å². The molecule has 0 spiro atoms. The highest BCUT2D eigenvalue weighted by molar-refractivity contribution is 5.94. The molecule has 6 heteroatoms. The van der Waals surface area contributed by atoms with Gasteiger partial charge in [0.15, 0.2) is 0 Å². The topological polar surface area (TPSA) is 76.4 Å². The Morgan fingerprint density at radius 1 is 1.00 bits per heavy atom. The number of rotatable bonds is 5. The Hall–Kier alpha value is -3.17. The lowest BCUT2D eigenvalue weighted by molar-refractivity contribution is -0.123. The third kappa shape index (κ3) is 4.79. The van der Waals surface area contributed by atoms with Crippen LogP contribution in [0.1, 0.15) is 65.2 Å². The number of amides is 2. The largest absolute Gasteiger partial charge is 0.353 e. The quantitative estimate of drug-likeness (QED) is 0.770. The zero-order valence-corrected chi connectivity index (χ0v) is 18.9. The minimum atomic E-state index is -0.00472. The first kappa shape index (κ1) is 21.7. The molecule has 2 heterocycles. The number of fused-ring (bicyclic) bond motifs is 1. The predicted octanol–water partition coefficient (Wildman–Crippen LogP) is 3.43. The number of piperidine rings is 1. The molecule has 1 unspecified atom stereocenters. The molecule has 2 aliphatic heterocycles. The number of nitrogens with one attached hydrogen (secondary N) is 1. The second-order valence-electron chi connectivity index (χ2n) is 9.46. The number of hydrogen-bond acceptors (Lipinski definition) is 4. The van der Waals surface area contributed by atoms with E-state index in [4.69, 9.17) is 5.26 Å². The average Bonchev–Trinajstić information content (AvgIpc) is 3.68. The van der Waals surface area contributed by atoms with Crippen LogP contribution in [-0.4, -0.2) is 53.3 Å². The highest BCUT2D eigenvalue weighted by Gasteiger charge is 2.36. The smallest absolute Gasteiger partial charge is 0.253 e. The van der Waals surface area contributed by atoms with Crippen LogP contribution in [0, 0.1) is 11.3 Å². The summed E-state index contributed by atoms with van der Waals surface area (Å²) in [5.74, 6) is 0.143. The van der Waals surface area contributed by atoms with Crippen molar-refractivity contribution >= 4 is 11.8 Å². The van der Waals surface area contributed by atoms with E-state index < -0.39 is 0 Å². The zero-order valence-electron chi connectivity index (χ0n) is 18.9. The Bertz CT molecular complexity index is 1080. The lowest BCUT2D eigenvalue weighted by atomic mass is 9.87. The van der Waals surface area contributed by atoms with Crippen LogP contribution in [0.3, 0.4) is 0 Å². The fraction of sp³-hybridized carbons (Fsp3) is 0.444. The van der Waals surface area contributed by atoms with E-state index in [1.165, 1.54) is 11.1 Å². The molecule has 2 fully saturated rings. The molecular formula is C27H30N4O2. The number of benzene rings is 2. The van der Waals surface area contributed by atoms with Crippen molar-refractivity contribution in [1.29, 1.82) is 5.26 Å². The van der Waals surface area contributed by atoms with Gasteiger partial charge >= 0.3 is 0 Å². The minimum Gasteiger partial charge on any atom is -0.353 e. The van der Waals surface area contributed by atoms with Crippen molar-refractivity contribution in [2.75, 3.05) is 19.6 Å². The number of likely N-dealkylation sites (tertiary alicyclic amines) is 1. The normalized spacial score (nSPS) is 21.2. The average molecular weight is 443 g/mol. The predicted molar refractivity (Wildman–Crippen MR) is 125 cm³/mol. The van der Waals surface area contributed by atoms with Gasteiger partial charge in [0.25, 0.3) is 5.91 Å². The second kappa shape index (κ2) is 9.36. The molecule has 0 aromatic heterocycles. The number of carbonyl (C=O) groups excluding carboxylic acids is 2. The molecule has 1 saturated heterocycles. The van der Waals surface area contributed by atoms with Gasteiger partial charge in [-0.05, 0) is 61.4 Å². The summed E-state index contributed by atoms with van der Waals surface area (Å²) in [5.41, 5.74) is 3.72. The van der Waals surface area contributed by atoms with Gasteiger partial charge in [-0.3, -0.25) is 14.5 Å². The van der Waals surface area contributed by atoms with Crippen molar-refractivity contribution in [3.8, 4) is 6.07 Å². The van der Waals surface area contributed by atoms with E-state index in [-0.39, 0.29) is 17.9 Å². The minimum absolute atomic E-state index is 0.00472. The van der Waals surface area contributed by atoms with Gasteiger partial charge in [-0.1, -0.05) is 30.3 Å². The maximum Gasteiger partial charge on any atom is 0.253 e. The number of hydrogen-bond donors (Lipinski definition) is 1. The lowest BCUT2D eigenvalue weighted by Gasteiger charge is -2.45. The van der Waals surface area contributed by atoms with E-state index in [2.05, 4.69) is 40.6 Å². The van der Waals surface area contributed by atoms with Gasteiger partial charge in [0.05, 0.1) is 11.6 Å². The van der Waals surface area contributed by atoms with E-state index in [1.54, 1.807) is 24.3 Å². The maximum absolute atomic E-state index is 13.0. The van der Waals surface area contributed by atoms with E-state index in [0.29, 0.717) is 42.7 Å². The van der Waals surface area contributed by atoms with Gasteiger partial charge in [-0.2, -0.15) is 5.26 Å². The molecule has 170 valence electrons. The third-order valence-corrected chi connectivity index (χ3v) is 7.23. The van der Waals surface area contributed by atoms with Crippen molar-refractivity contribution in [3.63, 3.8) is 0 Å². The number of carbonyl (C=O) groups is 2. The van der Waals surface area contributed by atoms with Crippen molar-refractivity contribution in [1.82, 2.24) is 15.1 Å². The summed E-state index contributed by atoms with van der Waals surface area (Å²) in [6.45, 7) is 2.33. The van der Waals surface area contributed by atoms with Crippen LogP contribution in [0.25, 0.3) is 0 Å². The molecule has 1 N–H and O–H groups in total. The molecule has 33 heavy (non-hydrogen) atoms. The maximum atomic E-state index is 13.0. The Morgan fingerprint density at radius 3 is 2.55 bits per heavy atom. The molecule has 0 radical (unpaired) electrons. The van der Waals surface area contributed by atoms with Gasteiger partial charge in [-0.25, -0.2) is 0 Å². The first-order valence-corrected chi connectivity index (χ1v) is 12.0. The van der Waals surface area contributed by atoms with Crippen molar-refractivity contribution < 1.29 is 9.59 Å². The molecule has 2 amide bonds. The lowest BCUT2D eigenvalue weighted by Crippen LogP contribution is -2.50. The molecular weight excluding hydrogens is 412 g/mol. The monoisotopic (exact) mass is 442 g/mol. The summed E-state index contributed by atoms with van der Waals surface area (Å²) in [4.78, 5) is 30.1. The van der Waals surface area contributed by atoms with Crippen LogP contribution in [0.4, 0.5) is 0 Å². The van der Waals surface area contributed by atoms with E-state index >= 15 is 0 Å². The second-order valence-corrected chi connectivity index (χ2v) is 9.46. The summed E-state index contributed by atoms with van der Waals surface area (Å²) in [6.07, 6.45) is 5.48. The summed E-state index contributed by atoms with van der Waals surface area (Å²) in [6, 6.07) is 18.4. The molecule has 2 aromatic carbocycles. The summed E-state index contributed by atoms with van der Waals surface area (Å²) in [7, 11) is 0. The Balaban J connectivity index is 1.27. The van der Waals surface area contributed by atoms with E-state index in [9.17, 15) is 9.59 Å². The Kier molecular flexibility index (Phi) is 6.15. The number of nitriles is 1. The fourth-order valence-electron chi connectivity index (χ4n) is 5.33. The van der Waals surface area contributed by atoms with Gasteiger partial charge in [0.2, 0.25) is 5.91 Å². The van der Waals surface area contributed by atoms with Crippen molar-refractivity contribution in [2.45, 2.75) is 56.7 Å². The first-order valence-electron chi connectivity index (χ1n) is 12.0. The molecule has 2 aromatic rings. The van der Waals surface area contributed by atoms with Crippen molar-refractivity contribution in [3.05, 3.63) is 70.8 Å². The fourth-order valence-corrected chi connectivity index (χ4v) is 5.33. The first-order chi connectivity index (χ1) is 16.1. The molecule has 3 aliphatic rings. The zero-order chi connectivity index (χ0) is 22.8. The third-order valence-electron chi connectivity index (χ3n) is 7.23. The number of nitrogens with zero attached hydrogens (tertiary/aromatic N) is 3. The van der Waals surface area contributed by atoms with Gasteiger partial charge in [0, 0.05) is 49.7 Å². The molecule has 1 aliphatic carbocycles. The van der Waals surface area contributed by atoms with Gasteiger partial charge in [0.1, 0.15) is 0 Å². The van der Waals surface area contributed by atoms with Crippen LogP contribution in [-0.2, 0) is 11.2 Å². The highest BCUT2D eigenvalue weighted by atomic mass is 16.2.